The lowest BCUT2D eigenvalue weighted by atomic mass is 9.93. The SMILES string of the molecule is CCCNc1ncc(Cl)c(N2CCC(C)CC2C)n1. The van der Waals surface area contributed by atoms with Crippen LogP contribution in [0.1, 0.15) is 40.0 Å². The smallest absolute Gasteiger partial charge is 0.224 e. The molecular formula is C14H23ClN4. The summed E-state index contributed by atoms with van der Waals surface area (Å²) in [6.07, 6.45) is 5.14. The van der Waals surface area contributed by atoms with Crippen LogP contribution >= 0.6 is 11.6 Å². The molecule has 1 fully saturated rings. The van der Waals surface area contributed by atoms with Gasteiger partial charge >= 0.3 is 0 Å². The van der Waals surface area contributed by atoms with Crippen LogP contribution in [-0.2, 0) is 0 Å². The molecule has 106 valence electrons. The third-order valence-electron chi connectivity index (χ3n) is 3.67. The van der Waals surface area contributed by atoms with Gasteiger partial charge in [-0.1, -0.05) is 25.4 Å². The number of halogens is 1. The topological polar surface area (TPSA) is 41.1 Å². The van der Waals surface area contributed by atoms with Crippen LogP contribution in [0.5, 0.6) is 0 Å². The molecule has 2 rings (SSSR count). The number of nitrogens with zero attached hydrogens (tertiary/aromatic N) is 3. The third kappa shape index (κ3) is 3.50. The molecule has 0 amide bonds. The fraction of sp³-hybridized carbons (Fsp3) is 0.714. The zero-order valence-corrected chi connectivity index (χ0v) is 12.7. The van der Waals surface area contributed by atoms with Crippen molar-refractivity contribution in [2.45, 2.75) is 46.1 Å². The third-order valence-corrected chi connectivity index (χ3v) is 3.94. The van der Waals surface area contributed by atoms with Gasteiger partial charge in [0.25, 0.3) is 0 Å². The highest BCUT2D eigenvalue weighted by Crippen LogP contribution is 2.31. The van der Waals surface area contributed by atoms with Gasteiger partial charge in [0.05, 0.1) is 6.20 Å². The largest absolute Gasteiger partial charge is 0.354 e. The molecule has 1 saturated heterocycles. The van der Waals surface area contributed by atoms with Gasteiger partial charge in [0.15, 0.2) is 5.82 Å². The Morgan fingerprint density at radius 2 is 2.26 bits per heavy atom. The molecule has 4 nitrogen and oxygen atoms in total. The first-order valence-corrected chi connectivity index (χ1v) is 7.52. The fourth-order valence-electron chi connectivity index (χ4n) is 2.60. The molecule has 0 aromatic carbocycles. The number of piperidine rings is 1. The van der Waals surface area contributed by atoms with E-state index >= 15 is 0 Å². The molecule has 0 saturated carbocycles. The van der Waals surface area contributed by atoms with Gasteiger partial charge in [-0.2, -0.15) is 4.98 Å². The number of rotatable bonds is 4. The molecule has 0 spiro atoms. The van der Waals surface area contributed by atoms with Gasteiger partial charge in [-0.05, 0) is 32.1 Å². The Morgan fingerprint density at radius 3 is 2.95 bits per heavy atom. The molecule has 5 heteroatoms. The molecule has 1 aromatic rings. The number of hydrogen-bond donors (Lipinski definition) is 1. The van der Waals surface area contributed by atoms with Crippen LogP contribution in [0.2, 0.25) is 5.02 Å². The van der Waals surface area contributed by atoms with Crippen molar-refractivity contribution in [3.8, 4) is 0 Å². The van der Waals surface area contributed by atoms with E-state index in [2.05, 4.69) is 41.0 Å². The first kappa shape index (κ1) is 14.4. The van der Waals surface area contributed by atoms with E-state index in [9.17, 15) is 0 Å². The highest BCUT2D eigenvalue weighted by molar-refractivity contribution is 6.32. The lowest BCUT2D eigenvalue weighted by Crippen LogP contribution is -2.41. The van der Waals surface area contributed by atoms with Crippen LogP contribution < -0.4 is 10.2 Å². The Hall–Kier alpha value is -1.03. The summed E-state index contributed by atoms with van der Waals surface area (Å²) in [7, 11) is 0. The van der Waals surface area contributed by atoms with Gasteiger partial charge in [-0.3, -0.25) is 0 Å². The first-order chi connectivity index (χ1) is 9.11. The lowest BCUT2D eigenvalue weighted by molar-refractivity contribution is 0.376. The fourth-order valence-corrected chi connectivity index (χ4v) is 2.80. The molecular weight excluding hydrogens is 260 g/mol. The number of hydrogen-bond acceptors (Lipinski definition) is 4. The second kappa shape index (κ2) is 6.42. The number of anilines is 2. The van der Waals surface area contributed by atoms with E-state index in [0.29, 0.717) is 17.0 Å². The second-order valence-corrected chi connectivity index (χ2v) is 5.87. The maximum Gasteiger partial charge on any atom is 0.224 e. The van der Waals surface area contributed by atoms with Crippen molar-refractivity contribution >= 4 is 23.4 Å². The van der Waals surface area contributed by atoms with Crippen molar-refractivity contribution in [2.75, 3.05) is 23.3 Å². The normalized spacial score (nSPS) is 23.5. The van der Waals surface area contributed by atoms with Gasteiger partial charge in [0.2, 0.25) is 5.95 Å². The zero-order valence-electron chi connectivity index (χ0n) is 12.0. The van der Waals surface area contributed by atoms with Crippen LogP contribution in [0.4, 0.5) is 11.8 Å². The van der Waals surface area contributed by atoms with Crippen LogP contribution in [0.25, 0.3) is 0 Å². The Balaban J connectivity index is 2.18. The quantitative estimate of drug-likeness (QED) is 0.916. The summed E-state index contributed by atoms with van der Waals surface area (Å²) in [5.41, 5.74) is 0. The van der Waals surface area contributed by atoms with Crippen LogP contribution in [-0.4, -0.2) is 29.1 Å². The second-order valence-electron chi connectivity index (χ2n) is 5.46. The van der Waals surface area contributed by atoms with E-state index in [4.69, 9.17) is 11.6 Å². The molecule has 0 aliphatic carbocycles. The molecule has 1 N–H and O–H groups in total. The molecule has 1 aliphatic heterocycles. The van der Waals surface area contributed by atoms with Crippen LogP contribution in [0.15, 0.2) is 6.20 Å². The van der Waals surface area contributed by atoms with E-state index in [1.54, 1.807) is 6.20 Å². The lowest BCUT2D eigenvalue weighted by Gasteiger charge is -2.37. The van der Waals surface area contributed by atoms with Crippen LogP contribution in [0, 0.1) is 5.92 Å². The highest BCUT2D eigenvalue weighted by Gasteiger charge is 2.25. The minimum absolute atomic E-state index is 0.482. The van der Waals surface area contributed by atoms with Gasteiger partial charge in [-0.25, -0.2) is 4.98 Å². The summed E-state index contributed by atoms with van der Waals surface area (Å²) in [6, 6.07) is 0.482. The minimum atomic E-state index is 0.482. The van der Waals surface area contributed by atoms with Gasteiger partial charge in [0.1, 0.15) is 5.02 Å². The standard InChI is InChI=1S/C14H23ClN4/c1-4-6-16-14-17-9-12(15)13(18-14)19-7-5-10(2)8-11(19)3/h9-11H,4-8H2,1-3H3,(H,16,17,18). The van der Waals surface area contributed by atoms with Crippen molar-refractivity contribution in [3.63, 3.8) is 0 Å². The van der Waals surface area contributed by atoms with E-state index in [1.807, 2.05) is 0 Å². The first-order valence-electron chi connectivity index (χ1n) is 7.14. The Kier molecular flexibility index (Phi) is 4.86. The summed E-state index contributed by atoms with van der Waals surface area (Å²) < 4.78 is 0. The van der Waals surface area contributed by atoms with Crippen molar-refractivity contribution in [2.24, 2.45) is 5.92 Å². The number of aromatic nitrogens is 2. The number of nitrogens with one attached hydrogen (secondary N) is 1. The maximum absolute atomic E-state index is 6.27. The molecule has 0 bridgehead atoms. The van der Waals surface area contributed by atoms with Crippen molar-refractivity contribution in [3.05, 3.63) is 11.2 Å². The van der Waals surface area contributed by atoms with E-state index in [1.165, 1.54) is 12.8 Å². The van der Waals surface area contributed by atoms with Gasteiger partial charge in [0, 0.05) is 19.1 Å². The summed E-state index contributed by atoms with van der Waals surface area (Å²) in [4.78, 5) is 11.1. The Labute approximate surface area is 120 Å². The summed E-state index contributed by atoms with van der Waals surface area (Å²) in [6.45, 7) is 8.58. The maximum atomic E-state index is 6.27. The Morgan fingerprint density at radius 1 is 1.47 bits per heavy atom. The highest BCUT2D eigenvalue weighted by atomic mass is 35.5. The van der Waals surface area contributed by atoms with Crippen LogP contribution in [0.3, 0.4) is 0 Å². The summed E-state index contributed by atoms with van der Waals surface area (Å²) in [5, 5.41) is 3.86. The van der Waals surface area contributed by atoms with Gasteiger partial charge in [-0.15, -0.1) is 0 Å². The van der Waals surface area contributed by atoms with E-state index in [-0.39, 0.29) is 0 Å². The van der Waals surface area contributed by atoms with E-state index < -0.39 is 0 Å². The average molecular weight is 283 g/mol. The van der Waals surface area contributed by atoms with Crippen molar-refractivity contribution < 1.29 is 0 Å². The molecule has 2 atom stereocenters. The summed E-state index contributed by atoms with van der Waals surface area (Å²) >= 11 is 6.27. The Bertz CT molecular complexity index is 424. The average Bonchev–Trinajstić information content (AvgIpc) is 2.38. The monoisotopic (exact) mass is 282 g/mol. The molecule has 2 heterocycles. The van der Waals surface area contributed by atoms with Gasteiger partial charge < -0.3 is 10.2 Å². The molecule has 2 unspecified atom stereocenters. The summed E-state index contributed by atoms with van der Waals surface area (Å²) in [5.74, 6) is 2.33. The molecule has 1 aromatic heterocycles. The molecule has 19 heavy (non-hydrogen) atoms. The van der Waals surface area contributed by atoms with E-state index in [0.717, 1.165) is 31.2 Å². The minimum Gasteiger partial charge on any atom is -0.354 e. The molecule has 1 aliphatic rings. The predicted molar refractivity (Wildman–Crippen MR) is 81.0 cm³/mol. The van der Waals surface area contributed by atoms with Crippen molar-refractivity contribution in [1.29, 1.82) is 0 Å². The predicted octanol–water partition coefficient (Wildman–Crippen LogP) is 3.58. The zero-order chi connectivity index (χ0) is 13.8. The van der Waals surface area contributed by atoms with Crippen molar-refractivity contribution in [1.82, 2.24) is 9.97 Å². The molecule has 0 radical (unpaired) electrons.